The predicted molar refractivity (Wildman–Crippen MR) is 59.0 cm³/mol. The van der Waals surface area contributed by atoms with Gasteiger partial charge in [0, 0.05) is 0 Å². The lowest BCUT2D eigenvalue weighted by Gasteiger charge is -2.00. The second-order valence-electron chi connectivity index (χ2n) is 2.87. The standard InChI is InChI=1S/C12H11NO2/c13-9-5-4-8-11(12(14)15)10-6-2-1-3-7-10/h1-3,5-8,13H,4H2,(H,14,15). The quantitative estimate of drug-likeness (QED) is 0.580. The highest BCUT2D eigenvalue weighted by molar-refractivity contribution is 6.15. The molecular weight excluding hydrogens is 190 g/mol. The van der Waals surface area contributed by atoms with Crippen LogP contribution in [-0.2, 0) is 4.79 Å². The van der Waals surface area contributed by atoms with E-state index in [1.165, 1.54) is 6.08 Å². The van der Waals surface area contributed by atoms with E-state index in [0.717, 1.165) is 0 Å². The Hall–Kier alpha value is -2.12. The largest absolute Gasteiger partial charge is 0.478 e. The number of hydrogen-bond donors (Lipinski definition) is 2. The van der Waals surface area contributed by atoms with Crippen LogP contribution in [0.15, 0.2) is 42.5 Å². The molecule has 1 aromatic rings. The Kier molecular flexibility index (Phi) is 4.07. The molecule has 0 spiro atoms. The van der Waals surface area contributed by atoms with E-state index >= 15 is 0 Å². The van der Waals surface area contributed by atoms with Crippen molar-refractivity contribution in [3.63, 3.8) is 0 Å². The fraction of sp³-hybridized carbons (Fsp3) is 0.0833. The number of benzene rings is 1. The van der Waals surface area contributed by atoms with Crippen LogP contribution < -0.4 is 0 Å². The Morgan fingerprint density at radius 2 is 2.07 bits per heavy atom. The van der Waals surface area contributed by atoms with Crippen molar-refractivity contribution in [3.8, 4) is 0 Å². The van der Waals surface area contributed by atoms with Gasteiger partial charge >= 0.3 is 5.97 Å². The van der Waals surface area contributed by atoms with E-state index in [2.05, 4.69) is 5.87 Å². The van der Waals surface area contributed by atoms with Crippen molar-refractivity contribution in [1.82, 2.24) is 0 Å². The predicted octanol–water partition coefficient (Wildman–Crippen LogP) is 2.35. The zero-order chi connectivity index (χ0) is 11.1. The maximum Gasteiger partial charge on any atom is 0.335 e. The summed E-state index contributed by atoms with van der Waals surface area (Å²) in [6.07, 6.45) is 3.44. The lowest BCUT2D eigenvalue weighted by Crippen LogP contribution is -1.99. The van der Waals surface area contributed by atoms with Gasteiger partial charge in [-0.25, -0.2) is 4.79 Å². The summed E-state index contributed by atoms with van der Waals surface area (Å²) < 4.78 is 0. The lowest BCUT2D eigenvalue weighted by atomic mass is 10.1. The fourth-order valence-corrected chi connectivity index (χ4v) is 1.18. The molecule has 0 unspecified atom stereocenters. The maximum atomic E-state index is 10.9. The van der Waals surface area contributed by atoms with Gasteiger partial charge in [-0.1, -0.05) is 36.4 Å². The zero-order valence-electron chi connectivity index (χ0n) is 8.10. The number of carboxylic acids is 1. The average molecular weight is 201 g/mol. The molecule has 0 saturated carbocycles. The summed E-state index contributed by atoms with van der Waals surface area (Å²) >= 11 is 0. The van der Waals surface area contributed by atoms with Crippen LogP contribution in [-0.4, -0.2) is 16.9 Å². The Balaban J connectivity index is 2.98. The van der Waals surface area contributed by atoms with Gasteiger partial charge in [0.05, 0.1) is 5.57 Å². The summed E-state index contributed by atoms with van der Waals surface area (Å²) in [5, 5.41) is 15.7. The zero-order valence-corrected chi connectivity index (χ0v) is 8.10. The lowest BCUT2D eigenvalue weighted by molar-refractivity contribution is -0.130. The van der Waals surface area contributed by atoms with Crippen LogP contribution in [0.4, 0.5) is 0 Å². The van der Waals surface area contributed by atoms with Crippen molar-refractivity contribution in [3.05, 3.63) is 48.0 Å². The maximum absolute atomic E-state index is 10.9. The molecular formula is C12H11NO2. The van der Waals surface area contributed by atoms with Crippen LogP contribution in [0.1, 0.15) is 12.0 Å². The second-order valence-corrected chi connectivity index (χ2v) is 2.87. The molecule has 3 nitrogen and oxygen atoms in total. The molecule has 0 fully saturated rings. The van der Waals surface area contributed by atoms with Gasteiger partial charge in [0.1, 0.15) is 0 Å². The Bertz CT molecular complexity index is 415. The normalized spacial score (nSPS) is 10.5. The first kappa shape index (κ1) is 11.0. The fourth-order valence-electron chi connectivity index (χ4n) is 1.18. The third-order valence-corrected chi connectivity index (χ3v) is 1.86. The summed E-state index contributed by atoms with van der Waals surface area (Å²) in [4.78, 5) is 10.9. The van der Waals surface area contributed by atoms with Gasteiger partial charge < -0.3 is 5.11 Å². The Morgan fingerprint density at radius 3 is 2.60 bits per heavy atom. The first-order valence-corrected chi connectivity index (χ1v) is 4.48. The van der Waals surface area contributed by atoms with Crippen LogP contribution in [0.25, 0.3) is 5.57 Å². The number of carboxylic acid groups (broad SMARTS) is 1. The highest BCUT2D eigenvalue weighted by atomic mass is 16.4. The van der Waals surface area contributed by atoms with E-state index in [-0.39, 0.29) is 5.57 Å². The summed E-state index contributed by atoms with van der Waals surface area (Å²) in [6, 6.07) is 8.90. The second kappa shape index (κ2) is 5.58. The van der Waals surface area contributed by atoms with Crippen molar-refractivity contribution in [1.29, 1.82) is 5.41 Å². The van der Waals surface area contributed by atoms with Crippen LogP contribution in [0.3, 0.4) is 0 Å². The van der Waals surface area contributed by atoms with Crippen LogP contribution in [0.5, 0.6) is 0 Å². The third kappa shape index (κ3) is 3.25. The molecule has 2 N–H and O–H groups in total. The molecule has 15 heavy (non-hydrogen) atoms. The number of allylic oxidation sites excluding steroid dienone is 2. The number of aliphatic carboxylic acids is 1. The van der Waals surface area contributed by atoms with Crippen LogP contribution in [0, 0.1) is 5.41 Å². The van der Waals surface area contributed by atoms with Gasteiger partial charge in [-0.15, -0.1) is 0 Å². The van der Waals surface area contributed by atoms with E-state index in [4.69, 9.17) is 10.5 Å². The molecule has 0 heterocycles. The SMILES string of the molecule is N=C=CCC=C(C(=O)O)c1ccccc1. The van der Waals surface area contributed by atoms with Crippen molar-refractivity contribution in [2.24, 2.45) is 0 Å². The molecule has 0 aliphatic heterocycles. The van der Waals surface area contributed by atoms with E-state index in [1.54, 1.807) is 30.3 Å². The molecule has 0 bridgehead atoms. The topological polar surface area (TPSA) is 61.2 Å². The molecule has 0 aromatic heterocycles. The van der Waals surface area contributed by atoms with Gasteiger partial charge in [0.25, 0.3) is 0 Å². The minimum absolute atomic E-state index is 0.252. The molecule has 0 aliphatic rings. The smallest absolute Gasteiger partial charge is 0.335 e. The van der Waals surface area contributed by atoms with E-state index in [9.17, 15) is 4.79 Å². The molecule has 0 atom stereocenters. The molecule has 1 aromatic carbocycles. The van der Waals surface area contributed by atoms with E-state index < -0.39 is 5.97 Å². The minimum Gasteiger partial charge on any atom is -0.478 e. The summed E-state index contributed by atoms with van der Waals surface area (Å²) in [6.45, 7) is 0. The molecule has 76 valence electrons. The highest BCUT2D eigenvalue weighted by Gasteiger charge is 2.07. The van der Waals surface area contributed by atoms with Gasteiger partial charge in [-0.2, -0.15) is 0 Å². The first-order chi connectivity index (χ1) is 7.25. The van der Waals surface area contributed by atoms with Gasteiger partial charge in [-0.3, -0.25) is 5.41 Å². The van der Waals surface area contributed by atoms with Gasteiger partial charge in [0.2, 0.25) is 0 Å². The van der Waals surface area contributed by atoms with Crippen molar-refractivity contribution in [2.45, 2.75) is 6.42 Å². The minimum atomic E-state index is -0.959. The summed E-state index contributed by atoms with van der Waals surface area (Å²) in [5.74, 6) is 1.14. The number of hydrogen-bond acceptors (Lipinski definition) is 2. The molecule has 3 heteroatoms. The molecule has 0 amide bonds. The summed E-state index contributed by atoms with van der Waals surface area (Å²) in [7, 11) is 0. The Labute approximate surface area is 87.9 Å². The number of carbonyl (C=O) groups is 1. The van der Waals surface area contributed by atoms with E-state index in [1.807, 2.05) is 6.07 Å². The van der Waals surface area contributed by atoms with Crippen LogP contribution >= 0.6 is 0 Å². The average Bonchev–Trinajstić information content (AvgIpc) is 2.25. The molecule has 0 saturated heterocycles. The van der Waals surface area contributed by atoms with Crippen molar-refractivity contribution >= 4 is 17.4 Å². The van der Waals surface area contributed by atoms with Crippen molar-refractivity contribution < 1.29 is 9.90 Å². The first-order valence-electron chi connectivity index (χ1n) is 4.48. The van der Waals surface area contributed by atoms with Gasteiger partial charge in [-0.05, 0) is 23.9 Å². The molecule has 0 radical (unpaired) electrons. The molecule has 1 rings (SSSR count). The van der Waals surface area contributed by atoms with E-state index in [0.29, 0.717) is 12.0 Å². The summed E-state index contributed by atoms with van der Waals surface area (Å²) in [5.41, 5.74) is 0.922. The Morgan fingerprint density at radius 1 is 1.40 bits per heavy atom. The number of rotatable bonds is 4. The monoisotopic (exact) mass is 201 g/mol. The molecule has 0 aliphatic carbocycles. The highest BCUT2D eigenvalue weighted by Crippen LogP contribution is 2.14. The third-order valence-electron chi connectivity index (χ3n) is 1.86. The van der Waals surface area contributed by atoms with Gasteiger partial charge in [0.15, 0.2) is 0 Å². The number of nitrogens with one attached hydrogen (secondary N) is 1. The van der Waals surface area contributed by atoms with Crippen LogP contribution in [0.2, 0.25) is 0 Å². The van der Waals surface area contributed by atoms with Crippen molar-refractivity contribution in [2.75, 3.05) is 0 Å².